The fourth-order valence-corrected chi connectivity index (χ4v) is 45.9. The Morgan fingerprint density at radius 3 is 1.16 bits per heavy atom. The summed E-state index contributed by atoms with van der Waals surface area (Å²) in [6, 6.07) is 37.1. The maximum absolute atomic E-state index is 7.69. The lowest BCUT2D eigenvalue weighted by atomic mass is 10.3. The van der Waals surface area contributed by atoms with Crippen molar-refractivity contribution in [1.82, 2.24) is 0 Å². The van der Waals surface area contributed by atoms with Crippen LogP contribution in [0.5, 0.6) is 0 Å². The van der Waals surface area contributed by atoms with Crippen LogP contribution in [0.4, 0.5) is 0 Å². The molecule has 3 atom stereocenters. The van der Waals surface area contributed by atoms with Gasteiger partial charge in [-0.2, -0.15) is 0 Å². The SMILES string of the molecule is C.C.C.C.C.C.C#CC#CC#C[Si](C)(O[Si](C)(C)C)O[Si](C)(CC[Si](C)(C)O[Si](C)(C)C)O[Si](C)(CCC[Si](c1ccccc1)(c1ccccc1)c1ccccc1)O[Si](C)(C)C. The molecule has 3 aromatic rings. The molecule has 0 radical (unpaired) electrons. The first-order valence-electron chi connectivity index (χ1n) is 20.0. The molecule has 62 heavy (non-hydrogen) atoms. The first kappa shape index (κ1) is 66.5. The lowest BCUT2D eigenvalue weighted by Gasteiger charge is -2.45. The Morgan fingerprint density at radius 1 is 0.403 bits per heavy atom. The quantitative estimate of drug-likeness (QED) is 0.0641. The van der Waals surface area contributed by atoms with E-state index >= 15 is 0 Å². The summed E-state index contributed by atoms with van der Waals surface area (Å²) in [6.07, 6.45) is 6.40. The minimum atomic E-state index is -3.13. The molecule has 0 aliphatic heterocycles. The highest BCUT2D eigenvalue weighted by Crippen LogP contribution is 2.35. The summed E-state index contributed by atoms with van der Waals surface area (Å²) in [7, 11) is -19.5. The Bertz CT molecular complexity index is 1770. The molecule has 350 valence electrons. The fraction of sp³-hybridized carbons (Fsp3) is 0.510. The zero-order valence-corrected chi connectivity index (χ0v) is 44.8. The van der Waals surface area contributed by atoms with Gasteiger partial charge in [-0.1, -0.05) is 148 Å². The molecule has 5 nitrogen and oxygen atoms in total. The second kappa shape index (κ2) is 27.4. The summed E-state index contributed by atoms with van der Waals surface area (Å²) < 4.78 is 36.2. The summed E-state index contributed by atoms with van der Waals surface area (Å²) >= 11 is 0. The van der Waals surface area contributed by atoms with Gasteiger partial charge in [0.05, 0.1) is 0 Å². The predicted octanol–water partition coefficient (Wildman–Crippen LogP) is 13.6. The average Bonchev–Trinajstić information content (AvgIpc) is 3.06. The molecule has 0 fully saturated rings. The van der Waals surface area contributed by atoms with Crippen LogP contribution in [0.1, 0.15) is 51.0 Å². The van der Waals surface area contributed by atoms with Crippen molar-refractivity contribution in [1.29, 1.82) is 0 Å². The van der Waals surface area contributed by atoms with Crippen molar-refractivity contribution >= 4 is 82.6 Å². The molecule has 3 rings (SSSR count). The summed E-state index contributed by atoms with van der Waals surface area (Å²) in [5.41, 5.74) is 3.37. The van der Waals surface area contributed by atoms with E-state index in [0.717, 1.165) is 30.6 Å². The van der Waals surface area contributed by atoms with Gasteiger partial charge in [-0.25, -0.2) is 0 Å². The van der Waals surface area contributed by atoms with Gasteiger partial charge in [0, 0.05) is 0 Å². The Morgan fingerprint density at radius 2 is 0.790 bits per heavy atom. The van der Waals surface area contributed by atoms with Crippen molar-refractivity contribution in [3.8, 4) is 35.6 Å². The van der Waals surface area contributed by atoms with Gasteiger partial charge in [0.15, 0.2) is 33.3 Å². The first-order valence-corrected chi connectivity index (χ1v) is 42.9. The third-order valence-electron chi connectivity index (χ3n) is 9.10. The zero-order chi connectivity index (χ0) is 41.9. The van der Waals surface area contributed by atoms with Crippen LogP contribution in [0.25, 0.3) is 0 Å². The first-order chi connectivity index (χ1) is 25.8. The normalized spacial score (nSPS) is 14.3. The van der Waals surface area contributed by atoms with E-state index in [4.69, 9.17) is 27.0 Å². The number of rotatable bonds is 20. The lowest BCUT2D eigenvalue weighted by molar-refractivity contribution is 0.293. The molecule has 0 amide bonds. The van der Waals surface area contributed by atoms with Crippen LogP contribution >= 0.6 is 0 Å². The minimum absolute atomic E-state index is 0. The zero-order valence-electron chi connectivity index (χ0n) is 36.8. The Hall–Kier alpha value is -2.12. The van der Waals surface area contributed by atoms with Gasteiger partial charge in [0.2, 0.25) is 0 Å². The maximum Gasteiger partial charge on any atom is 0.402 e. The van der Waals surface area contributed by atoms with E-state index < -0.39 is 67.0 Å². The smallest absolute Gasteiger partial charge is 0.402 e. The molecular weight excluding hydrogens is 893 g/mol. The summed E-state index contributed by atoms with van der Waals surface area (Å²) in [6.45, 7) is 31.5. The summed E-state index contributed by atoms with van der Waals surface area (Å²) in [5.74, 6) is 10.8. The number of hydrogen-bond acceptors (Lipinski definition) is 5. The Labute approximate surface area is 394 Å². The van der Waals surface area contributed by atoms with Crippen LogP contribution < -0.4 is 15.6 Å². The van der Waals surface area contributed by atoms with Gasteiger partial charge in [0.25, 0.3) is 0 Å². The standard InChI is InChI=1S/C43H68O5Si8.6CH4/c1-16-17-18-28-36-53(13,45-50(5,6)7)47-55(15,40-39-52(11,12)44-49(2,3)4)48-54(14,46-51(8,9)10)37-29-38-56(41-30-22-19-23-31-41,42-32-24-20-25-33-42)43-34-26-21-27-35-43;;;;;;/h1,19-27,30-35H,29,37-40H2,2-15H3;6*1H4. The molecule has 0 saturated carbocycles. The molecule has 3 unspecified atom stereocenters. The van der Waals surface area contributed by atoms with E-state index in [9.17, 15) is 0 Å². The van der Waals surface area contributed by atoms with E-state index in [-0.39, 0.29) is 44.6 Å². The molecular formula is C49H92O5Si8. The van der Waals surface area contributed by atoms with E-state index in [1.165, 1.54) is 15.6 Å². The van der Waals surface area contributed by atoms with Crippen LogP contribution in [0, 0.1) is 35.6 Å². The van der Waals surface area contributed by atoms with Crippen molar-refractivity contribution in [2.24, 2.45) is 0 Å². The van der Waals surface area contributed by atoms with Crippen LogP contribution in [-0.2, 0) is 20.6 Å². The second-order valence-electron chi connectivity index (χ2n) is 18.8. The molecule has 0 spiro atoms. The molecule has 0 aliphatic rings. The van der Waals surface area contributed by atoms with Crippen LogP contribution in [0.15, 0.2) is 91.0 Å². The third kappa shape index (κ3) is 22.2. The molecule has 0 aromatic heterocycles. The van der Waals surface area contributed by atoms with Gasteiger partial charge in [-0.15, -0.1) is 6.42 Å². The van der Waals surface area contributed by atoms with Crippen molar-refractivity contribution < 1.29 is 20.6 Å². The van der Waals surface area contributed by atoms with Crippen LogP contribution in [0.2, 0.25) is 116 Å². The third-order valence-corrected chi connectivity index (χ3v) is 38.7. The molecule has 0 N–H and O–H groups in total. The van der Waals surface area contributed by atoms with Gasteiger partial charge in [-0.3, -0.25) is 0 Å². The average molecular weight is 986 g/mol. The monoisotopic (exact) mass is 985 g/mol. The predicted molar refractivity (Wildman–Crippen MR) is 300 cm³/mol. The van der Waals surface area contributed by atoms with Crippen LogP contribution in [-0.4, -0.2) is 67.0 Å². The molecule has 3 aromatic carbocycles. The fourth-order valence-electron chi connectivity index (χ4n) is 7.81. The maximum atomic E-state index is 7.69. The minimum Gasteiger partial charge on any atom is -0.456 e. The molecule has 0 aliphatic carbocycles. The van der Waals surface area contributed by atoms with E-state index in [1.807, 2.05) is 0 Å². The topological polar surface area (TPSA) is 46.2 Å². The summed E-state index contributed by atoms with van der Waals surface area (Å²) in [5, 5.41) is 4.25. The highest BCUT2D eigenvalue weighted by Gasteiger charge is 2.51. The number of benzene rings is 3. The largest absolute Gasteiger partial charge is 0.456 e. The van der Waals surface area contributed by atoms with Gasteiger partial charge < -0.3 is 20.6 Å². The van der Waals surface area contributed by atoms with Crippen LogP contribution in [0.3, 0.4) is 0 Å². The van der Waals surface area contributed by atoms with Crippen molar-refractivity contribution in [2.45, 2.75) is 167 Å². The van der Waals surface area contributed by atoms with Crippen molar-refractivity contribution in [3.05, 3.63) is 91.0 Å². The second-order valence-corrected chi connectivity index (χ2v) is 51.3. The molecule has 0 bridgehead atoms. The van der Waals surface area contributed by atoms with Gasteiger partial charge in [-0.05, 0) is 155 Å². The van der Waals surface area contributed by atoms with E-state index in [2.05, 4.69) is 212 Å². The van der Waals surface area contributed by atoms with E-state index in [1.54, 1.807) is 0 Å². The number of terminal acetylenes is 1. The molecule has 13 heteroatoms. The number of hydrogen-bond donors (Lipinski definition) is 0. The highest BCUT2D eigenvalue weighted by atomic mass is 28.5. The Kier molecular flexibility index (Phi) is 29.4. The Balaban J connectivity index is -0.00000280. The van der Waals surface area contributed by atoms with E-state index in [0.29, 0.717) is 0 Å². The molecule has 0 saturated heterocycles. The van der Waals surface area contributed by atoms with Gasteiger partial charge >= 0.3 is 25.7 Å². The highest BCUT2D eigenvalue weighted by molar-refractivity contribution is 7.11. The van der Waals surface area contributed by atoms with Crippen molar-refractivity contribution in [3.63, 3.8) is 0 Å². The summed E-state index contributed by atoms with van der Waals surface area (Å²) in [4.78, 5) is 0. The van der Waals surface area contributed by atoms with Gasteiger partial charge in [0.1, 0.15) is 8.07 Å². The molecule has 0 heterocycles. The lowest BCUT2D eigenvalue weighted by Crippen LogP contribution is -2.67. The van der Waals surface area contributed by atoms with Crippen molar-refractivity contribution in [2.75, 3.05) is 0 Å².